The minimum atomic E-state index is -0.641. The number of hydrogen-bond acceptors (Lipinski definition) is 4. The van der Waals surface area contributed by atoms with E-state index >= 15 is 0 Å². The normalized spacial score (nSPS) is 18.7. The van der Waals surface area contributed by atoms with Crippen LogP contribution in [-0.2, 0) is 0 Å². The summed E-state index contributed by atoms with van der Waals surface area (Å²) >= 11 is 0. The highest BCUT2D eigenvalue weighted by Crippen LogP contribution is 2.31. The molecule has 88 valence electrons. The lowest BCUT2D eigenvalue weighted by atomic mass is 9.83. The molecule has 1 aliphatic heterocycles. The van der Waals surface area contributed by atoms with Crippen LogP contribution < -0.4 is 10.5 Å². The lowest BCUT2D eigenvalue weighted by Gasteiger charge is -2.49. The fourth-order valence-electron chi connectivity index (χ4n) is 1.87. The molecule has 0 unspecified atom stereocenters. The minimum absolute atomic E-state index is 0.150. The first-order valence-corrected chi connectivity index (χ1v) is 5.46. The Balaban J connectivity index is 2.15. The van der Waals surface area contributed by atoms with Gasteiger partial charge in [-0.1, -0.05) is 13.8 Å². The number of aromatic amines is 1. The highest BCUT2D eigenvalue weighted by atomic mass is 16.3. The first-order valence-electron chi connectivity index (χ1n) is 5.46. The number of aromatic nitrogens is 2. The Morgan fingerprint density at radius 3 is 2.69 bits per heavy atom. The van der Waals surface area contributed by atoms with Crippen molar-refractivity contribution >= 4 is 5.82 Å². The van der Waals surface area contributed by atoms with E-state index in [0.717, 1.165) is 0 Å². The molecule has 2 N–H and O–H groups in total. The van der Waals surface area contributed by atoms with Crippen LogP contribution in [0.1, 0.15) is 19.7 Å². The van der Waals surface area contributed by atoms with Gasteiger partial charge in [-0.2, -0.15) is 0 Å². The monoisotopic (exact) mass is 223 g/mol. The Morgan fingerprint density at radius 1 is 1.56 bits per heavy atom. The van der Waals surface area contributed by atoms with Gasteiger partial charge in [-0.3, -0.25) is 4.79 Å². The molecule has 1 aromatic rings. The summed E-state index contributed by atoms with van der Waals surface area (Å²) in [5, 5.41) is 10.1. The van der Waals surface area contributed by atoms with Crippen molar-refractivity contribution in [1.29, 1.82) is 0 Å². The quantitative estimate of drug-likeness (QED) is 0.756. The molecule has 0 amide bonds. The van der Waals surface area contributed by atoms with Gasteiger partial charge in [0, 0.05) is 6.07 Å². The molecule has 0 spiro atoms. The average molecular weight is 223 g/mol. The van der Waals surface area contributed by atoms with E-state index in [-0.39, 0.29) is 11.5 Å². The molecule has 0 atom stereocenters. The molecule has 1 aromatic heterocycles. The average Bonchev–Trinajstić information content (AvgIpc) is 2.10. The molecule has 0 saturated carbocycles. The Morgan fingerprint density at radius 2 is 2.19 bits per heavy atom. The first-order chi connectivity index (χ1) is 7.40. The van der Waals surface area contributed by atoms with Crippen molar-refractivity contribution in [3.8, 4) is 0 Å². The van der Waals surface area contributed by atoms with Crippen molar-refractivity contribution < 1.29 is 5.11 Å². The molecule has 5 heteroatoms. The maximum Gasteiger partial charge on any atom is 0.252 e. The molecule has 2 rings (SSSR count). The number of β-amino-alcohol motifs (C(OH)–C–C–N with tert-alkyl or cyclic N) is 1. The molecule has 2 heterocycles. The van der Waals surface area contributed by atoms with Crippen molar-refractivity contribution in [3.63, 3.8) is 0 Å². The SMILES string of the molecule is Cc1nc(N2CC(O)(C(C)C)C2)cc(=O)[nH]1. The van der Waals surface area contributed by atoms with Crippen molar-refractivity contribution in [2.45, 2.75) is 26.4 Å². The molecule has 0 radical (unpaired) electrons. The zero-order valence-corrected chi connectivity index (χ0v) is 9.82. The molecule has 1 fully saturated rings. The maximum atomic E-state index is 11.3. The molecule has 5 nitrogen and oxygen atoms in total. The number of anilines is 1. The second-order valence-corrected chi connectivity index (χ2v) is 4.80. The van der Waals surface area contributed by atoms with Gasteiger partial charge in [0.25, 0.3) is 5.56 Å². The van der Waals surface area contributed by atoms with Gasteiger partial charge in [-0.25, -0.2) is 4.98 Å². The molecule has 16 heavy (non-hydrogen) atoms. The second kappa shape index (κ2) is 3.59. The van der Waals surface area contributed by atoms with Crippen LogP contribution in [0.2, 0.25) is 0 Å². The van der Waals surface area contributed by atoms with Gasteiger partial charge in [0.15, 0.2) is 0 Å². The Bertz CT molecular complexity index is 447. The summed E-state index contributed by atoms with van der Waals surface area (Å²) in [6, 6.07) is 1.47. The minimum Gasteiger partial charge on any atom is -0.386 e. The van der Waals surface area contributed by atoms with Crippen LogP contribution in [0.3, 0.4) is 0 Å². The number of nitrogens with zero attached hydrogens (tertiary/aromatic N) is 2. The number of nitrogens with one attached hydrogen (secondary N) is 1. The zero-order valence-electron chi connectivity index (χ0n) is 9.82. The van der Waals surface area contributed by atoms with E-state index < -0.39 is 5.60 Å². The number of rotatable bonds is 2. The van der Waals surface area contributed by atoms with E-state index in [2.05, 4.69) is 9.97 Å². The predicted octanol–water partition coefficient (Wildman–Crippen LogP) is 0.285. The maximum absolute atomic E-state index is 11.3. The topological polar surface area (TPSA) is 69.2 Å². The lowest BCUT2D eigenvalue weighted by Crippen LogP contribution is -2.65. The Hall–Kier alpha value is -1.36. The summed E-state index contributed by atoms with van der Waals surface area (Å²) in [6.45, 7) is 6.82. The van der Waals surface area contributed by atoms with Crippen LogP contribution in [0.15, 0.2) is 10.9 Å². The van der Waals surface area contributed by atoms with Crippen LogP contribution in [0.25, 0.3) is 0 Å². The first kappa shape index (κ1) is 11.1. The van der Waals surface area contributed by atoms with E-state index in [1.165, 1.54) is 6.07 Å². The summed E-state index contributed by atoms with van der Waals surface area (Å²) in [4.78, 5) is 20.0. The zero-order chi connectivity index (χ0) is 11.9. The second-order valence-electron chi connectivity index (χ2n) is 4.80. The number of aryl methyl sites for hydroxylation is 1. The van der Waals surface area contributed by atoms with E-state index in [1.807, 2.05) is 18.7 Å². The third kappa shape index (κ3) is 1.82. The van der Waals surface area contributed by atoms with Gasteiger partial charge in [0.2, 0.25) is 0 Å². The van der Waals surface area contributed by atoms with Crippen LogP contribution >= 0.6 is 0 Å². The molecular weight excluding hydrogens is 206 g/mol. The van der Waals surface area contributed by atoms with Crippen molar-refractivity contribution in [2.75, 3.05) is 18.0 Å². The third-order valence-corrected chi connectivity index (χ3v) is 3.17. The number of H-pyrrole nitrogens is 1. The van der Waals surface area contributed by atoms with E-state index in [0.29, 0.717) is 24.7 Å². The molecule has 1 aliphatic rings. The highest BCUT2D eigenvalue weighted by molar-refractivity contribution is 5.43. The highest BCUT2D eigenvalue weighted by Gasteiger charge is 2.44. The van der Waals surface area contributed by atoms with Gasteiger partial charge in [0.1, 0.15) is 17.2 Å². The largest absolute Gasteiger partial charge is 0.386 e. The fourth-order valence-corrected chi connectivity index (χ4v) is 1.87. The van der Waals surface area contributed by atoms with Crippen LogP contribution in [-0.4, -0.2) is 33.8 Å². The smallest absolute Gasteiger partial charge is 0.252 e. The van der Waals surface area contributed by atoms with E-state index in [1.54, 1.807) is 6.92 Å². The van der Waals surface area contributed by atoms with Crippen molar-refractivity contribution in [2.24, 2.45) is 5.92 Å². The number of hydrogen-bond donors (Lipinski definition) is 2. The molecule has 1 saturated heterocycles. The molecule has 0 aromatic carbocycles. The van der Waals surface area contributed by atoms with Crippen LogP contribution in [0, 0.1) is 12.8 Å². The van der Waals surface area contributed by atoms with Gasteiger partial charge >= 0.3 is 0 Å². The lowest BCUT2D eigenvalue weighted by molar-refractivity contribution is -0.0304. The third-order valence-electron chi connectivity index (χ3n) is 3.17. The van der Waals surface area contributed by atoms with Crippen LogP contribution in [0.4, 0.5) is 5.82 Å². The standard InChI is InChI=1S/C11H17N3O2/c1-7(2)11(16)5-14(6-11)9-4-10(15)13-8(3)12-9/h4,7,16H,5-6H2,1-3H3,(H,12,13,15). The fraction of sp³-hybridized carbons (Fsp3) is 0.636. The number of aliphatic hydroxyl groups is 1. The van der Waals surface area contributed by atoms with E-state index in [9.17, 15) is 9.90 Å². The summed E-state index contributed by atoms with van der Waals surface area (Å²) in [6.07, 6.45) is 0. The summed E-state index contributed by atoms with van der Waals surface area (Å²) in [7, 11) is 0. The summed E-state index contributed by atoms with van der Waals surface area (Å²) in [5.74, 6) is 1.46. The van der Waals surface area contributed by atoms with Gasteiger partial charge in [-0.15, -0.1) is 0 Å². The molecule has 0 aliphatic carbocycles. The Kier molecular flexibility index (Phi) is 2.50. The summed E-state index contributed by atoms with van der Waals surface area (Å²) < 4.78 is 0. The van der Waals surface area contributed by atoms with Crippen LogP contribution in [0.5, 0.6) is 0 Å². The van der Waals surface area contributed by atoms with Gasteiger partial charge in [0.05, 0.1) is 13.1 Å². The predicted molar refractivity (Wildman–Crippen MR) is 61.6 cm³/mol. The molecular formula is C11H17N3O2. The molecule has 0 bridgehead atoms. The summed E-state index contributed by atoms with van der Waals surface area (Å²) in [5.41, 5.74) is -0.791. The van der Waals surface area contributed by atoms with Crippen molar-refractivity contribution in [3.05, 3.63) is 22.2 Å². The Labute approximate surface area is 94.1 Å². The van der Waals surface area contributed by atoms with Gasteiger partial charge < -0.3 is 15.0 Å². The van der Waals surface area contributed by atoms with Crippen molar-refractivity contribution in [1.82, 2.24) is 9.97 Å². The van der Waals surface area contributed by atoms with E-state index in [4.69, 9.17) is 0 Å². The van der Waals surface area contributed by atoms with Gasteiger partial charge in [-0.05, 0) is 12.8 Å².